The molecule has 0 saturated carbocycles. The van der Waals surface area contributed by atoms with E-state index in [1.165, 1.54) is 13.0 Å². The van der Waals surface area contributed by atoms with Crippen LogP contribution in [0.1, 0.15) is 37.8 Å². The number of nitro groups is 1. The summed E-state index contributed by atoms with van der Waals surface area (Å²) in [4.78, 5) is 10.4. The highest BCUT2D eigenvalue weighted by atomic mass is 31.1. The fraction of sp³-hybridized carbons (Fsp3) is 0.300. The fourth-order valence-electron chi connectivity index (χ4n) is 2.37. The summed E-state index contributed by atoms with van der Waals surface area (Å²) >= 11 is 0. The second-order valence-electron chi connectivity index (χ2n) is 6.09. The number of allylic oxidation sites excluding steroid dienone is 1. The summed E-state index contributed by atoms with van der Waals surface area (Å²) in [5, 5.41) is 10.9. The van der Waals surface area contributed by atoms with Gasteiger partial charge in [0, 0.05) is 24.7 Å². The molecule has 0 spiro atoms. The summed E-state index contributed by atoms with van der Waals surface area (Å²) < 4.78 is 23.6. The van der Waals surface area contributed by atoms with Gasteiger partial charge in [-0.2, -0.15) is 0 Å². The molecule has 0 amide bonds. The average molecular weight is 389 g/mol. The highest BCUT2D eigenvalue weighted by Gasteiger charge is 2.11. The van der Waals surface area contributed by atoms with Crippen LogP contribution in [-0.2, 0) is 11.2 Å². The molecule has 1 unspecified atom stereocenters. The van der Waals surface area contributed by atoms with Crippen LogP contribution in [0.4, 0.5) is 0 Å². The number of benzene rings is 2. The first-order valence-corrected chi connectivity index (χ1v) is 10.4. The number of ether oxygens (including phenoxy) is 1. The summed E-state index contributed by atoms with van der Waals surface area (Å²) in [6.07, 6.45) is 3.81. The van der Waals surface area contributed by atoms with Gasteiger partial charge in [-0.15, -0.1) is 0 Å². The van der Waals surface area contributed by atoms with Crippen LogP contribution in [0.5, 0.6) is 11.5 Å². The molecule has 0 radical (unpaired) electrons. The zero-order valence-electron chi connectivity index (χ0n) is 15.5. The Morgan fingerprint density at radius 2 is 1.96 bits per heavy atom. The predicted octanol–water partition coefficient (Wildman–Crippen LogP) is 5.56. The summed E-state index contributed by atoms with van der Waals surface area (Å²) in [5.41, 5.74) is 1.39. The van der Waals surface area contributed by atoms with Crippen molar-refractivity contribution >= 4 is 14.1 Å². The second kappa shape index (κ2) is 10.5. The van der Waals surface area contributed by atoms with Crippen LogP contribution in [0.15, 0.2) is 54.2 Å². The van der Waals surface area contributed by atoms with E-state index in [9.17, 15) is 14.7 Å². The van der Waals surface area contributed by atoms with Gasteiger partial charge in [0.05, 0.1) is 4.92 Å². The number of hydrogen-bond acceptors (Lipinski definition) is 5. The van der Waals surface area contributed by atoms with Crippen LogP contribution >= 0.6 is 8.03 Å². The van der Waals surface area contributed by atoms with Gasteiger partial charge in [-0.05, 0) is 36.2 Å². The van der Waals surface area contributed by atoms with Crippen molar-refractivity contribution in [3.8, 4) is 11.5 Å². The van der Waals surface area contributed by atoms with Crippen LogP contribution in [0.25, 0.3) is 6.08 Å². The summed E-state index contributed by atoms with van der Waals surface area (Å²) in [5.74, 6) is 1.19. The quantitative estimate of drug-likeness (QED) is 0.302. The van der Waals surface area contributed by atoms with E-state index in [0.29, 0.717) is 28.8 Å². The molecule has 2 aromatic rings. The Hall–Kier alpha value is -2.59. The molecule has 27 heavy (non-hydrogen) atoms. The van der Waals surface area contributed by atoms with Gasteiger partial charge in [0.1, 0.15) is 18.1 Å². The smallest absolute Gasteiger partial charge is 0.243 e. The zero-order chi connectivity index (χ0) is 19.6. The van der Waals surface area contributed by atoms with Crippen LogP contribution in [0.3, 0.4) is 0 Å². The van der Waals surface area contributed by atoms with Crippen LogP contribution in [0.2, 0.25) is 0 Å². The maximum atomic E-state index is 12.2. The maximum Gasteiger partial charge on any atom is 0.243 e. The Bertz CT molecular complexity index is 820. The van der Waals surface area contributed by atoms with Gasteiger partial charge in [-0.25, -0.2) is 0 Å². The van der Waals surface area contributed by atoms with E-state index in [1.807, 2.05) is 37.3 Å². The molecular formula is C20H24NO5P. The first kappa shape index (κ1) is 20.7. The van der Waals surface area contributed by atoms with Gasteiger partial charge in [0.25, 0.3) is 0 Å². The highest BCUT2D eigenvalue weighted by molar-refractivity contribution is 7.39. The largest absolute Gasteiger partial charge is 0.489 e. The van der Waals surface area contributed by atoms with Gasteiger partial charge in [-0.3, -0.25) is 14.7 Å². The second-order valence-corrected chi connectivity index (χ2v) is 7.54. The lowest BCUT2D eigenvalue weighted by molar-refractivity contribution is -0.422. The number of unbranched alkanes of at least 4 members (excludes halogenated alkanes) is 1. The molecule has 144 valence electrons. The van der Waals surface area contributed by atoms with E-state index in [1.54, 1.807) is 18.2 Å². The standard InChI is InChI=1S/C20H24NO5P/c1-3-4-12-27(24)26-20-11-10-17(13-16(2)21(22)23)14-18(20)15-25-19-8-6-5-7-9-19/h5-11,13-14,27H,3-4,12,15H2,1-2H3. The predicted molar refractivity (Wildman–Crippen MR) is 107 cm³/mol. The molecule has 0 aromatic heterocycles. The summed E-state index contributed by atoms with van der Waals surface area (Å²) in [7, 11) is -2.19. The van der Waals surface area contributed by atoms with Crippen molar-refractivity contribution in [2.24, 2.45) is 0 Å². The van der Waals surface area contributed by atoms with Crippen molar-refractivity contribution in [2.45, 2.75) is 33.3 Å². The Morgan fingerprint density at radius 1 is 1.22 bits per heavy atom. The Labute approximate surface area is 159 Å². The first-order chi connectivity index (χ1) is 13.0. The molecule has 0 N–H and O–H groups in total. The van der Waals surface area contributed by atoms with Gasteiger partial charge >= 0.3 is 0 Å². The van der Waals surface area contributed by atoms with E-state index in [2.05, 4.69) is 0 Å². The van der Waals surface area contributed by atoms with Crippen molar-refractivity contribution in [2.75, 3.05) is 6.16 Å². The normalized spacial score (nSPS) is 12.4. The molecule has 2 rings (SSSR count). The molecule has 0 heterocycles. The molecule has 2 aromatic carbocycles. The van der Waals surface area contributed by atoms with Gasteiger partial charge in [0.15, 0.2) is 0 Å². The third-order valence-corrected chi connectivity index (χ3v) is 5.05. The third kappa shape index (κ3) is 6.91. The molecule has 0 fully saturated rings. The Balaban J connectivity index is 2.24. The van der Waals surface area contributed by atoms with Crippen LogP contribution in [-0.4, -0.2) is 11.1 Å². The molecule has 0 aliphatic heterocycles. The van der Waals surface area contributed by atoms with Crippen molar-refractivity contribution < 1.29 is 18.7 Å². The van der Waals surface area contributed by atoms with Gasteiger partial charge in [0.2, 0.25) is 13.7 Å². The lowest BCUT2D eigenvalue weighted by Crippen LogP contribution is -2.00. The maximum absolute atomic E-state index is 12.2. The van der Waals surface area contributed by atoms with Crippen molar-refractivity contribution in [1.82, 2.24) is 0 Å². The van der Waals surface area contributed by atoms with E-state index in [-0.39, 0.29) is 12.3 Å². The molecule has 0 aliphatic carbocycles. The molecular weight excluding hydrogens is 365 g/mol. The topological polar surface area (TPSA) is 78.7 Å². The SMILES string of the molecule is CCCC[PH](=O)Oc1ccc(C=C(C)[N+](=O)[O-])cc1COc1ccccc1. The number of rotatable bonds is 10. The van der Waals surface area contributed by atoms with Gasteiger partial charge < -0.3 is 9.26 Å². The van der Waals surface area contributed by atoms with Crippen molar-refractivity contribution in [3.05, 3.63) is 75.5 Å². The van der Waals surface area contributed by atoms with Gasteiger partial charge in [-0.1, -0.05) is 37.6 Å². The monoisotopic (exact) mass is 389 g/mol. The molecule has 1 atom stereocenters. The number of para-hydroxylation sites is 1. The fourth-order valence-corrected chi connectivity index (χ4v) is 3.56. The van der Waals surface area contributed by atoms with Crippen LogP contribution in [0, 0.1) is 10.1 Å². The molecule has 0 saturated heterocycles. The minimum absolute atomic E-state index is 0.0371. The molecule has 0 aliphatic rings. The lowest BCUT2D eigenvalue weighted by atomic mass is 10.1. The summed E-state index contributed by atoms with van der Waals surface area (Å²) in [6.45, 7) is 3.68. The average Bonchev–Trinajstić information content (AvgIpc) is 2.67. The Kier molecular flexibility index (Phi) is 8.08. The first-order valence-electron chi connectivity index (χ1n) is 8.83. The van der Waals surface area contributed by atoms with Crippen molar-refractivity contribution in [3.63, 3.8) is 0 Å². The zero-order valence-corrected chi connectivity index (χ0v) is 16.5. The van der Waals surface area contributed by atoms with Crippen molar-refractivity contribution in [1.29, 1.82) is 0 Å². The Morgan fingerprint density at radius 3 is 2.63 bits per heavy atom. The van der Waals surface area contributed by atoms with E-state index < -0.39 is 13.0 Å². The third-order valence-electron chi connectivity index (χ3n) is 3.84. The molecule has 6 nitrogen and oxygen atoms in total. The van der Waals surface area contributed by atoms with Crippen LogP contribution < -0.4 is 9.26 Å². The minimum Gasteiger partial charge on any atom is -0.489 e. The molecule has 7 heteroatoms. The highest BCUT2D eigenvalue weighted by Crippen LogP contribution is 2.32. The van der Waals surface area contributed by atoms with E-state index in [4.69, 9.17) is 9.26 Å². The number of nitrogens with zero attached hydrogens (tertiary/aromatic N) is 1. The molecule has 0 bridgehead atoms. The minimum atomic E-state index is -2.19. The van der Waals surface area contributed by atoms with E-state index >= 15 is 0 Å². The number of hydrogen-bond donors (Lipinski definition) is 0. The summed E-state index contributed by atoms with van der Waals surface area (Å²) in [6, 6.07) is 14.5. The lowest BCUT2D eigenvalue weighted by Gasteiger charge is -2.13. The van der Waals surface area contributed by atoms with E-state index in [0.717, 1.165) is 12.8 Å².